The Bertz CT molecular complexity index is 1280. The molecule has 13 heteroatoms. The van der Waals surface area contributed by atoms with Crippen LogP contribution in [-0.2, 0) is 7.05 Å². The summed E-state index contributed by atoms with van der Waals surface area (Å²) in [5, 5.41) is 29.5. The van der Waals surface area contributed by atoms with Crippen LogP contribution in [0.5, 0.6) is 5.75 Å². The molecule has 0 atom stereocenters. The van der Waals surface area contributed by atoms with Gasteiger partial charge in [-0.25, -0.2) is 9.78 Å². The summed E-state index contributed by atoms with van der Waals surface area (Å²) < 4.78 is 7.20. The maximum Gasteiger partial charge on any atom is 0.323 e. The number of nitriles is 1. The molecule has 3 heterocycles. The number of carbonyl (C=O) groups is 2. The molecule has 3 amide bonds. The molecule has 4 rings (SSSR count). The van der Waals surface area contributed by atoms with Crippen molar-refractivity contribution in [2.45, 2.75) is 0 Å². The summed E-state index contributed by atoms with van der Waals surface area (Å²) in [4.78, 5) is 30.6. The van der Waals surface area contributed by atoms with Crippen LogP contribution in [-0.4, -0.2) is 69.0 Å². The molecule has 3 N–H and O–H groups in total. The number of nitrogens with zero attached hydrogens (tertiary/aromatic N) is 7. The van der Waals surface area contributed by atoms with Crippen molar-refractivity contribution in [3.8, 4) is 23.2 Å². The number of aromatic nitrogens is 5. The summed E-state index contributed by atoms with van der Waals surface area (Å²) in [6.45, 7) is 0.700. The first-order chi connectivity index (χ1) is 16.4. The second-order valence-corrected chi connectivity index (χ2v) is 7.49. The van der Waals surface area contributed by atoms with Gasteiger partial charge in [-0.2, -0.15) is 10.4 Å². The van der Waals surface area contributed by atoms with Crippen molar-refractivity contribution in [3.63, 3.8) is 0 Å². The van der Waals surface area contributed by atoms with Crippen molar-refractivity contribution >= 4 is 29.1 Å². The van der Waals surface area contributed by atoms with E-state index in [9.17, 15) is 9.59 Å². The molecule has 13 nitrogen and oxygen atoms in total. The lowest BCUT2D eigenvalue weighted by molar-refractivity contribution is 0.0958. The number of amides is 3. The van der Waals surface area contributed by atoms with Gasteiger partial charge in [0.25, 0.3) is 5.91 Å². The first-order valence-corrected chi connectivity index (χ1v) is 10.3. The Labute approximate surface area is 194 Å². The second-order valence-electron chi connectivity index (χ2n) is 7.49. The Morgan fingerprint density at radius 1 is 1.24 bits per heavy atom. The Morgan fingerprint density at radius 3 is 2.68 bits per heavy atom. The molecule has 0 unspecified atom stereocenters. The number of anilines is 3. The fraction of sp³-hybridized carbons (Fsp3) is 0.286. The molecule has 174 valence electrons. The number of hydrogen-bond donors (Lipinski definition) is 3. The number of aryl methyl sites for hydroxylation is 1. The molecule has 1 fully saturated rings. The zero-order valence-electron chi connectivity index (χ0n) is 18.7. The topological polar surface area (TPSA) is 163 Å². The van der Waals surface area contributed by atoms with Crippen LogP contribution in [0.25, 0.3) is 11.4 Å². The van der Waals surface area contributed by atoms with Gasteiger partial charge < -0.3 is 20.3 Å². The van der Waals surface area contributed by atoms with E-state index in [4.69, 9.17) is 10.00 Å². The third-order valence-electron chi connectivity index (χ3n) is 5.15. The van der Waals surface area contributed by atoms with Crippen molar-refractivity contribution in [1.82, 2.24) is 35.2 Å². The molecule has 2 aromatic heterocycles. The Morgan fingerprint density at radius 2 is 2.03 bits per heavy atom. The lowest BCUT2D eigenvalue weighted by Crippen LogP contribution is -2.51. The van der Waals surface area contributed by atoms with Gasteiger partial charge in [0.1, 0.15) is 6.33 Å². The molecule has 1 aromatic carbocycles. The van der Waals surface area contributed by atoms with Crippen molar-refractivity contribution in [2.75, 3.05) is 37.9 Å². The van der Waals surface area contributed by atoms with Crippen LogP contribution >= 0.6 is 0 Å². The van der Waals surface area contributed by atoms with E-state index in [1.54, 1.807) is 30.2 Å². The van der Waals surface area contributed by atoms with Gasteiger partial charge in [0, 0.05) is 33.3 Å². The zero-order chi connectivity index (χ0) is 24.2. The number of ether oxygens (including phenoxy) is 1. The van der Waals surface area contributed by atoms with Crippen LogP contribution in [0.2, 0.25) is 0 Å². The minimum atomic E-state index is -0.464. The summed E-state index contributed by atoms with van der Waals surface area (Å²) >= 11 is 0. The fourth-order valence-electron chi connectivity index (χ4n) is 3.39. The highest BCUT2D eigenvalue weighted by Gasteiger charge is 2.31. The quantitative estimate of drug-likeness (QED) is 0.491. The molecule has 0 spiro atoms. The van der Waals surface area contributed by atoms with E-state index in [1.165, 1.54) is 25.1 Å². The zero-order valence-corrected chi connectivity index (χ0v) is 18.7. The number of para-hydroxylation sites is 1. The van der Waals surface area contributed by atoms with Gasteiger partial charge >= 0.3 is 6.03 Å². The van der Waals surface area contributed by atoms with Crippen molar-refractivity contribution in [2.24, 2.45) is 13.0 Å². The third-order valence-corrected chi connectivity index (χ3v) is 5.15. The Kier molecular flexibility index (Phi) is 6.22. The van der Waals surface area contributed by atoms with Crippen molar-refractivity contribution in [1.29, 1.82) is 5.26 Å². The van der Waals surface area contributed by atoms with Gasteiger partial charge in [-0.15, -0.1) is 10.2 Å². The largest absolute Gasteiger partial charge is 0.494 e. The highest BCUT2D eigenvalue weighted by Crippen LogP contribution is 2.37. The molecule has 0 aliphatic carbocycles. The van der Waals surface area contributed by atoms with Gasteiger partial charge in [-0.3, -0.25) is 14.8 Å². The first kappa shape index (κ1) is 22.5. The van der Waals surface area contributed by atoms with E-state index in [1.807, 2.05) is 6.07 Å². The number of hydrogen-bond acceptors (Lipinski definition) is 9. The number of rotatable bonds is 6. The van der Waals surface area contributed by atoms with E-state index in [-0.39, 0.29) is 17.4 Å². The minimum absolute atomic E-state index is 0.0254. The molecule has 0 radical (unpaired) electrons. The van der Waals surface area contributed by atoms with E-state index < -0.39 is 11.9 Å². The predicted octanol–water partition coefficient (Wildman–Crippen LogP) is 1.37. The van der Waals surface area contributed by atoms with E-state index >= 15 is 0 Å². The molecule has 34 heavy (non-hydrogen) atoms. The minimum Gasteiger partial charge on any atom is -0.494 e. The normalized spacial score (nSPS) is 12.9. The highest BCUT2D eigenvalue weighted by atomic mass is 16.5. The van der Waals surface area contributed by atoms with Crippen LogP contribution in [0, 0.1) is 17.2 Å². The number of nitrogens with one attached hydrogen (secondary N) is 3. The van der Waals surface area contributed by atoms with Gasteiger partial charge in [-0.05, 0) is 12.1 Å². The maximum absolute atomic E-state index is 12.4. The average molecular weight is 462 g/mol. The summed E-state index contributed by atoms with van der Waals surface area (Å²) in [6, 6.07) is 8.59. The SMILES string of the molecule is CNC(=O)c1nnc(NC(=O)N2CC(C#N)C2)cc1Nc1cccc(-c2ncn(C)n2)c1OC. The second kappa shape index (κ2) is 9.41. The van der Waals surface area contributed by atoms with Crippen LogP contribution in [0.1, 0.15) is 10.5 Å². The molecule has 0 bridgehead atoms. The molecular weight excluding hydrogens is 440 g/mol. The lowest BCUT2D eigenvalue weighted by Gasteiger charge is -2.34. The summed E-state index contributed by atoms with van der Waals surface area (Å²) in [6.07, 6.45) is 1.58. The predicted molar refractivity (Wildman–Crippen MR) is 121 cm³/mol. The molecule has 1 aliphatic heterocycles. The molecule has 1 saturated heterocycles. The Hall–Kier alpha value is -4.73. The smallest absolute Gasteiger partial charge is 0.323 e. The van der Waals surface area contributed by atoms with E-state index in [0.717, 1.165) is 0 Å². The van der Waals surface area contributed by atoms with Gasteiger partial charge in [0.15, 0.2) is 23.1 Å². The maximum atomic E-state index is 12.4. The number of carbonyl (C=O) groups excluding carboxylic acids is 2. The van der Waals surface area contributed by atoms with Crippen LogP contribution in [0.3, 0.4) is 0 Å². The molecule has 3 aromatic rings. The van der Waals surface area contributed by atoms with Crippen molar-refractivity contribution < 1.29 is 14.3 Å². The van der Waals surface area contributed by atoms with Crippen LogP contribution < -0.4 is 20.7 Å². The van der Waals surface area contributed by atoms with Gasteiger partial charge in [-0.1, -0.05) is 6.07 Å². The van der Waals surface area contributed by atoms with E-state index in [2.05, 4.69) is 42.3 Å². The Balaban J connectivity index is 1.65. The number of likely N-dealkylation sites (tertiary alicyclic amines) is 1. The van der Waals surface area contributed by atoms with Crippen molar-refractivity contribution in [3.05, 3.63) is 36.3 Å². The van der Waals surface area contributed by atoms with E-state index in [0.29, 0.717) is 41.6 Å². The summed E-state index contributed by atoms with van der Waals surface area (Å²) in [5.41, 5.74) is 1.50. The average Bonchev–Trinajstić information content (AvgIpc) is 3.24. The molecule has 0 saturated carbocycles. The molecular formula is C21H22N10O3. The monoisotopic (exact) mass is 462 g/mol. The highest BCUT2D eigenvalue weighted by molar-refractivity contribution is 5.99. The number of benzene rings is 1. The standard InChI is InChI=1S/C21H22N10O3/c1-23-20(32)17-15(7-16(27-28-17)26-21(33)31-9-12(8-22)10-31)25-14-6-4-5-13(18(14)34-3)19-24-11-30(2)29-19/h4-7,11-12H,9-10H2,1-3H3,(H,23,32)(H2,25,26,27,33). The van der Waals surface area contributed by atoms with Crippen LogP contribution in [0.4, 0.5) is 22.0 Å². The van der Waals surface area contributed by atoms with Crippen LogP contribution in [0.15, 0.2) is 30.6 Å². The van der Waals surface area contributed by atoms with Gasteiger partial charge in [0.2, 0.25) is 0 Å². The number of methoxy groups -OCH3 is 1. The molecule has 1 aliphatic rings. The third kappa shape index (κ3) is 4.42. The summed E-state index contributed by atoms with van der Waals surface area (Å²) in [7, 11) is 4.76. The van der Waals surface area contributed by atoms with Gasteiger partial charge in [0.05, 0.1) is 36.0 Å². The first-order valence-electron chi connectivity index (χ1n) is 10.3. The fourth-order valence-corrected chi connectivity index (χ4v) is 3.39. The lowest BCUT2D eigenvalue weighted by atomic mass is 10.0. The summed E-state index contributed by atoms with van der Waals surface area (Å²) in [5.74, 6) is 0.441. The number of urea groups is 1.